The minimum Gasteiger partial charge on any atom is -0.212 e. The third kappa shape index (κ3) is 2.16. The molecule has 1 rings (SSSR count). The van der Waals surface area contributed by atoms with Crippen LogP contribution in [0.5, 0.6) is 0 Å². The molecule has 0 saturated heterocycles. The minimum absolute atomic E-state index is 0.0773. The maximum atomic E-state index is 11.4. The molecule has 0 aromatic rings. The summed E-state index contributed by atoms with van der Waals surface area (Å²) in [6.45, 7) is 0.568. The molecule has 0 heterocycles. The number of hydrogen-bond acceptors (Lipinski definition) is 2. The van der Waals surface area contributed by atoms with Crippen molar-refractivity contribution in [2.24, 2.45) is 0 Å². The van der Waals surface area contributed by atoms with Crippen LogP contribution in [0, 0.1) is 0 Å². The predicted octanol–water partition coefficient (Wildman–Crippen LogP) is 0.805. The van der Waals surface area contributed by atoms with E-state index in [0.717, 1.165) is 12.8 Å². The van der Waals surface area contributed by atoms with E-state index in [1.165, 1.54) is 4.31 Å². The molecular formula is C6H12BrNO2S. The van der Waals surface area contributed by atoms with Crippen molar-refractivity contribution in [2.45, 2.75) is 18.1 Å². The highest BCUT2D eigenvalue weighted by atomic mass is 79.9. The Hall–Kier alpha value is 0.390. The Labute approximate surface area is 75.9 Å². The second-order valence-electron chi connectivity index (χ2n) is 2.75. The number of sulfonamides is 1. The van der Waals surface area contributed by atoms with Gasteiger partial charge in [-0.05, 0) is 12.8 Å². The molecule has 3 nitrogen and oxygen atoms in total. The Bertz CT molecular complexity index is 223. The summed E-state index contributed by atoms with van der Waals surface area (Å²) in [6.07, 6.45) is 1.68. The molecule has 0 N–H and O–H groups in total. The van der Waals surface area contributed by atoms with Crippen molar-refractivity contribution in [3.63, 3.8) is 0 Å². The summed E-state index contributed by atoms with van der Waals surface area (Å²) >= 11 is 3.21. The largest absolute Gasteiger partial charge is 0.216 e. The first-order valence-electron chi connectivity index (χ1n) is 3.60. The molecule has 0 aromatic carbocycles. The second kappa shape index (κ2) is 3.41. The van der Waals surface area contributed by atoms with Gasteiger partial charge in [-0.3, -0.25) is 0 Å². The highest BCUT2D eigenvalue weighted by Gasteiger charge is 2.38. The molecule has 0 spiro atoms. The van der Waals surface area contributed by atoms with Gasteiger partial charge in [-0.25, -0.2) is 12.7 Å². The average Bonchev–Trinajstić information content (AvgIpc) is 2.68. The van der Waals surface area contributed by atoms with E-state index in [2.05, 4.69) is 15.9 Å². The molecule has 1 saturated carbocycles. The van der Waals surface area contributed by atoms with Gasteiger partial charge in [0.15, 0.2) is 0 Å². The number of halogens is 1. The zero-order chi connectivity index (χ0) is 8.48. The standard InChI is InChI=1S/C6H12BrNO2S/c1-8(5-4-7)11(9,10)6-2-3-6/h6H,2-5H2,1H3. The molecule has 0 bridgehead atoms. The van der Waals surface area contributed by atoms with E-state index < -0.39 is 10.0 Å². The monoisotopic (exact) mass is 241 g/mol. The van der Waals surface area contributed by atoms with Crippen LogP contribution in [0.1, 0.15) is 12.8 Å². The van der Waals surface area contributed by atoms with Gasteiger partial charge < -0.3 is 0 Å². The number of nitrogens with zero attached hydrogens (tertiary/aromatic N) is 1. The summed E-state index contributed by atoms with van der Waals surface area (Å²) in [4.78, 5) is 0. The van der Waals surface area contributed by atoms with E-state index in [1.807, 2.05) is 0 Å². The van der Waals surface area contributed by atoms with Gasteiger partial charge in [-0.2, -0.15) is 0 Å². The zero-order valence-electron chi connectivity index (χ0n) is 6.46. The lowest BCUT2D eigenvalue weighted by atomic mass is 10.8. The molecular weight excluding hydrogens is 230 g/mol. The summed E-state index contributed by atoms with van der Waals surface area (Å²) in [7, 11) is -1.29. The van der Waals surface area contributed by atoms with E-state index in [0.29, 0.717) is 11.9 Å². The van der Waals surface area contributed by atoms with Gasteiger partial charge in [-0.15, -0.1) is 0 Å². The van der Waals surface area contributed by atoms with Crippen molar-refractivity contribution in [1.82, 2.24) is 4.31 Å². The van der Waals surface area contributed by atoms with Gasteiger partial charge in [0.25, 0.3) is 0 Å². The lowest BCUT2D eigenvalue weighted by molar-refractivity contribution is 0.488. The van der Waals surface area contributed by atoms with Crippen molar-refractivity contribution in [1.29, 1.82) is 0 Å². The number of hydrogen-bond donors (Lipinski definition) is 0. The third-order valence-electron chi connectivity index (χ3n) is 1.78. The first kappa shape index (κ1) is 9.48. The van der Waals surface area contributed by atoms with Crippen LogP contribution in [0.3, 0.4) is 0 Å². The predicted molar refractivity (Wildman–Crippen MR) is 48.4 cm³/mol. The van der Waals surface area contributed by atoms with Crippen molar-refractivity contribution < 1.29 is 8.42 Å². The van der Waals surface area contributed by atoms with Crippen molar-refractivity contribution in [3.05, 3.63) is 0 Å². The van der Waals surface area contributed by atoms with Gasteiger partial charge in [0.05, 0.1) is 5.25 Å². The van der Waals surface area contributed by atoms with Crippen LogP contribution in [-0.4, -0.2) is 36.9 Å². The highest BCUT2D eigenvalue weighted by Crippen LogP contribution is 2.30. The van der Waals surface area contributed by atoms with Crippen LogP contribution in [0.4, 0.5) is 0 Å². The Balaban J connectivity index is 2.56. The van der Waals surface area contributed by atoms with Gasteiger partial charge in [0.1, 0.15) is 0 Å². The molecule has 5 heteroatoms. The van der Waals surface area contributed by atoms with Crippen LogP contribution in [0.25, 0.3) is 0 Å². The fourth-order valence-electron chi connectivity index (χ4n) is 0.867. The lowest BCUT2D eigenvalue weighted by Gasteiger charge is -2.14. The maximum Gasteiger partial charge on any atom is 0.216 e. The first-order chi connectivity index (χ1) is 5.09. The molecule has 0 unspecified atom stereocenters. The summed E-state index contributed by atoms with van der Waals surface area (Å²) in [5, 5.41) is 0.627. The van der Waals surface area contributed by atoms with Crippen LogP contribution < -0.4 is 0 Å². The fourth-order valence-corrected chi connectivity index (χ4v) is 3.22. The maximum absolute atomic E-state index is 11.4. The third-order valence-corrected chi connectivity index (χ3v) is 4.50. The first-order valence-corrected chi connectivity index (χ1v) is 6.22. The number of alkyl halides is 1. The molecule has 0 aliphatic heterocycles. The quantitative estimate of drug-likeness (QED) is 0.684. The molecule has 1 aliphatic rings. The molecule has 1 aliphatic carbocycles. The molecule has 0 aromatic heterocycles. The lowest BCUT2D eigenvalue weighted by Crippen LogP contribution is -2.31. The summed E-state index contributed by atoms with van der Waals surface area (Å²) < 4.78 is 24.2. The Morgan fingerprint density at radius 2 is 2.09 bits per heavy atom. The molecule has 66 valence electrons. The van der Waals surface area contributed by atoms with E-state index in [-0.39, 0.29) is 5.25 Å². The van der Waals surface area contributed by atoms with Crippen LogP contribution in [-0.2, 0) is 10.0 Å². The summed E-state index contributed by atoms with van der Waals surface area (Å²) in [5.74, 6) is 0. The molecule has 0 radical (unpaired) electrons. The van der Waals surface area contributed by atoms with Crippen LogP contribution in [0.15, 0.2) is 0 Å². The SMILES string of the molecule is CN(CCBr)S(=O)(=O)C1CC1. The summed E-state index contributed by atoms with van der Waals surface area (Å²) in [5.41, 5.74) is 0. The molecule has 11 heavy (non-hydrogen) atoms. The molecule has 0 amide bonds. The number of rotatable bonds is 4. The van der Waals surface area contributed by atoms with Gasteiger partial charge in [0.2, 0.25) is 10.0 Å². The van der Waals surface area contributed by atoms with Crippen molar-refractivity contribution >= 4 is 26.0 Å². The average molecular weight is 242 g/mol. The van der Waals surface area contributed by atoms with Crippen molar-refractivity contribution in [3.8, 4) is 0 Å². The fraction of sp³-hybridized carbons (Fsp3) is 1.00. The van der Waals surface area contributed by atoms with Gasteiger partial charge >= 0.3 is 0 Å². The van der Waals surface area contributed by atoms with Crippen molar-refractivity contribution in [2.75, 3.05) is 18.9 Å². The minimum atomic E-state index is -2.92. The second-order valence-corrected chi connectivity index (χ2v) is 5.87. The van der Waals surface area contributed by atoms with E-state index in [4.69, 9.17) is 0 Å². The summed E-state index contributed by atoms with van der Waals surface area (Å²) in [6, 6.07) is 0. The normalized spacial score (nSPS) is 19.2. The van der Waals surface area contributed by atoms with Crippen LogP contribution >= 0.6 is 15.9 Å². The zero-order valence-corrected chi connectivity index (χ0v) is 8.86. The van der Waals surface area contributed by atoms with Crippen LogP contribution in [0.2, 0.25) is 0 Å². The van der Waals surface area contributed by atoms with Gasteiger partial charge in [0, 0.05) is 18.9 Å². The van der Waals surface area contributed by atoms with Gasteiger partial charge in [-0.1, -0.05) is 15.9 Å². The van der Waals surface area contributed by atoms with E-state index >= 15 is 0 Å². The smallest absolute Gasteiger partial charge is 0.212 e. The highest BCUT2D eigenvalue weighted by molar-refractivity contribution is 9.09. The topological polar surface area (TPSA) is 37.4 Å². The Morgan fingerprint density at radius 3 is 2.45 bits per heavy atom. The molecule has 1 fully saturated rings. The van der Waals surface area contributed by atoms with E-state index in [1.54, 1.807) is 7.05 Å². The van der Waals surface area contributed by atoms with E-state index in [9.17, 15) is 8.42 Å². The Morgan fingerprint density at radius 1 is 1.55 bits per heavy atom. The molecule has 0 atom stereocenters. The Kier molecular flexibility index (Phi) is 2.94.